The van der Waals surface area contributed by atoms with E-state index in [4.69, 9.17) is 4.74 Å². The second kappa shape index (κ2) is 8.22. The van der Waals surface area contributed by atoms with E-state index in [9.17, 15) is 0 Å². The number of benzene rings is 5. The molecule has 2 aliphatic carbocycles. The van der Waals surface area contributed by atoms with Crippen LogP contribution in [0.1, 0.15) is 37.5 Å². The van der Waals surface area contributed by atoms with Gasteiger partial charge in [-0.1, -0.05) is 111 Å². The summed E-state index contributed by atoms with van der Waals surface area (Å²) >= 11 is 0. The Morgan fingerprint density at radius 1 is 0.675 bits per heavy atom. The molecule has 0 aromatic heterocycles. The van der Waals surface area contributed by atoms with Gasteiger partial charge in [-0.2, -0.15) is 0 Å². The maximum atomic E-state index is 6.79. The van der Waals surface area contributed by atoms with E-state index in [1.807, 2.05) is 0 Å². The van der Waals surface area contributed by atoms with Crippen molar-refractivity contribution in [3.05, 3.63) is 150 Å². The summed E-state index contributed by atoms with van der Waals surface area (Å²) < 4.78 is 6.79. The van der Waals surface area contributed by atoms with Crippen LogP contribution in [0.5, 0.6) is 5.75 Å². The number of hydrogen-bond donors (Lipinski definition) is 0. The average molecular weight is 518 g/mol. The Hall–Kier alpha value is -4.56. The third-order valence-corrected chi connectivity index (χ3v) is 9.33. The summed E-state index contributed by atoms with van der Waals surface area (Å²) in [7, 11) is 0. The number of allylic oxidation sites excluding steroid dienone is 2. The third kappa shape index (κ3) is 3.11. The van der Waals surface area contributed by atoms with Crippen LogP contribution in [-0.2, 0) is 10.8 Å². The molecule has 2 heteroatoms. The van der Waals surface area contributed by atoms with E-state index in [1.165, 1.54) is 38.6 Å². The highest BCUT2D eigenvalue weighted by atomic mass is 16.5. The Morgan fingerprint density at radius 2 is 1.40 bits per heavy atom. The Morgan fingerprint density at radius 3 is 2.30 bits per heavy atom. The molecule has 0 fully saturated rings. The quantitative estimate of drug-likeness (QED) is 0.236. The van der Waals surface area contributed by atoms with Crippen LogP contribution in [0.3, 0.4) is 0 Å². The van der Waals surface area contributed by atoms with Crippen LogP contribution in [0, 0.1) is 0 Å². The molecule has 0 spiro atoms. The van der Waals surface area contributed by atoms with Gasteiger partial charge in [-0.25, -0.2) is 0 Å². The predicted molar refractivity (Wildman–Crippen MR) is 166 cm³/mol. The minimum atomic E-state index is -0.254. The molecule has 0 saturated heterocycles. The Balaban J connectivity index is 1.36. The van der Waals surface area contributed by atoms with Gasteiger partial charge in [-0.15, -0.1) is 0 Å². The normalized spacial score (nSPS) is 21.2. The van der Waals surface area contributed by atoms with Crippen molar-refractivity contribution in [2.45, 2.75) is 37.7 Å². The fourth-order valence-electron chi connectivity index (χ4n) is 7.24. The standard InChI is InChI=1S/C38H31NO/c1-37(2)30-16-7-6-15-28(30)29-22-21-26(24-32(29)37)39(33-18-10-13-25-12-4-5-14-27(25)33)34-19-11-23-38(3)31-17-8-9-20-35(31)40-36(34)38/h4-24,36H,1-3H3. The van der Waals surface area contributed by atoms with Crippen LogP contribution >= 0.6 is 0 Å². The number of ether oxygens (including phenoxy) is 1. The molecule has 2 nitrogen and oxygen atoms in total. The summed E-state index contributed by atoms with van der Waals surface area (Å²) in [5.41, 5.74) is 9.78. The zero-order valence-corrected chi connectivity index (χ0v) is 23.1. The lowest BCUT2D eigenvalue weighted by atomic mass is 9.75. The smallest absolute Gasteiger partial charge is 0.152 e. The second-order valence-electron chi connectivity index (χ2n) is 12.0. The van der Waals surface area contributed by atoms with E-state index in [-0.39, 0.29) is 16.9 Å². The van der Waals surface area contributed by atoms with Gasteiger partial charge in [0.25, 0.3) is 0 Å². The fourth-order valence-corrected chi connectivity index (χ4v) is 7.24. The lowest BCUT2D eigenvalue weighted by Crippen LogP contribution is -2.42. The fraction of sp³-hybridized carbons (Fsp3) is 0.158. The summed E-state index contributed by atoms with van der Waals surface area (Å²) in [6.45, 7) is 7.00. The summed E-state index contributed by atoms with van der Waals surface area (Å²) in [5.74, 6) is 0.968. The van der Waals surface area contributed by atoms with Gasteiger partial charge in [-0.3, -0.25) is 0 Å². The van der Waals surface area contributed by atoms with Crippen LogP contribution < -0.4 is 9.64 Å². The van der Waals surface area contributed by atoms with E-state index >= 15 is 0 Å². The average Bonchev–Trinajstić information content (AvgIpc) is 3.42. The van der Waals surface area contributed by atoms with Gasteiger partial charge in [-0.05, 0) is 64.9 Å². The second-order valence-corrected chi connectivity index (χ2v) is 12.0. The van der Waals surface area contributed by atoms with Crippen LogP contribution in [-0.4, -0.2) is 6.10 Å². The Bertz CT molecular complexity index is 1890. The molecule has 5 aromatic carbocycles. The van der Waals surface area contributed by atoms with E-state index < -0.39 is 0 Å². The van der Waals surface area contributed by atoms with E-state index in [2.05, 4.69) is 153 Å². The van der Waals surface area contributed by atoms with Crippen molar-refractivity contribution in [2.24, 2.45) is 0 Å². The van der Waals surface area contributed by atoms with Crippen molar-refractivity contribution in [3.8, 4) is 16.9 Å². The van der Waals surface area contributed by atoms with Crippen LogP contribution in [0.15, 0.2) is 133 Å². The van der Waals surface area contributed by atoms with Crippen molar-refractivity contribution in [1.82, 2.24) is 0 Å². The van der Waals surface area contributed by atoms with Gasteiger partial charge in [0, 0.05) is 22.1 Å². The lowest BCUT2D eigenvalue weighted by molar-refractivity contribution is 0.213. The molecule has 0 radical (unpaired) electrons. The summed E-state index contributed by atoms with van der Waals surface area (Å²) in [4.78, 5) is 2.44. The topological polar surface area (TPSA) is 12.5 Å². The van der Waals surface area contributed by atoms with Crippen molar-refractivity contribution in [2.75, 3.05) is 4.90 Å². The lowest BCUT2D eigenvalue weighted by Gasteiger charge is -2.39. The molecule has 40 heavy (non-hydrogen) atoms. The van der Waals surface area contributed by atoms with Crippen molar-refractivity contribution >= 4 is 22.1 Å². The van der Waals surface area contributed by atoms with Gasteiger partial charge in [0.1, 0.15) is 5.75 Å². The first-order valence-electron chi connectivity index (χ1n) is 14.1. The zero-order valence-electron chi connectivity index (χ0n) is 23.1. The molecule has 2 atom stereocenters. The molecule has 0 N–H and O–H groups in total. The predicted octanol–water partition coefficient (Wildman–Crippen LogP) is 9.46. The highest BCUT2D eigenvalue weighted by molar-refractivity contribution is 5.98. The van der Waals surface area contributed by atoms with Gasteiger partial charge in [0.15, 0.2) is 6.10 Å². The van der Waals surface area contributed by atoms with Crippen LogP contribution in [0.4, 0.5) is 11.4 Å². The van der Waals surface area contributed by atoms with Gasteiger partial charge in [0.2, 0.25) is 0 Å². The number of rotatable bonds is 3. The molecule has 8 rings (SSSR count). The maximum absolute atomic E-state index is 6.79. The van der Waals surface area contributed by atoms with Crippen molar-refractivity contribution in [1.29, 1.82) is 0 Å². The number of nitrogens with zero attached hydrogens (tertiary/aromatic N) is 1. The van der Waals surface area contributed by atoms with Crippen LogP contribution in [0.25, 0.3) is 21.9 Å². The molecule has 0 saturated carbocycles. The molecule has 0 bridgehead atoms. The number of fused-ring (bicyclic) bond motifs is 7. The third-order valence-electron chi connectivity index (χ3n) is 9.33. The van der Waals surface area contributed by atoms with E-state index in [1.54, 1.807) is 0 Å². The first kappa shape index (κ1) is 23.3. The van der Waals surface area contributed by atoms with Gasteiger partial charge < -0.3 is 9.64 Å². The Kier molecular flexibility index (Phi) is 4.80. The molecular formula is C38H31NO. The molecule has 2 unspecified atom stereocenters. The SMILES string of the molecule is CC1(C)c2ccccc2-c2ccc(N(C3=CC=CC4(C)c5ccccc5OC34)c3cccc4ccccc34)cc21. The Labute approximate surface area is 235 Å². The summed E-state index contributed by atoms with van der Waals surface area (Å²) in [6, 6.07) is 39.6. The molecule has 3 aliphatic rings. The van der Waals surface area contributed by atoms with Crippen LogP contribution in [0.2, 0.25) is 0 Å². The summed E-state index contributed by atoms with van der Waals surface area (Å²) in [6.07, 6.45) is 6.61. The first-order valence-corrected chi connectivity index (χ1v) is 14.1. The molecule has 194 valence electrons. The maximum Gasteiger partial charge on any atom is 0.152 e. The zero-order chi connectivity index (χ0) is 27.1. The molecule has 5 aromatic rings. The molecule has 0 amide bonds. The summed E-state index contributed by atoms with van der Waals surface area (Å²) in [5, 5.41) is 2.45. The minimum absolute atomic E-state index is 0.0815. The minimum Gasteiger partial charge on any atom is -0.483 e. The molecular weight excluding hydrogens is 486 g/mol. The highest BCUT2D eigenvalue weighted by Crippen LogP contribution is 2.53. The largest absolute Gasteiger partial charge is 0.483 e. The number of anilines is 2. The van der Waals surface area contributed by atoms with E-state index in [0.29, 0.717) is 0 Å². The highest BCUT2D eigenvalue weighted by Gasteiger charge is 2.48. The number of para-hydroxylation sites is 1. The van der Waals surface area contributed by atoms with E-state index in [0.717, 1.165) is 22.8 Å². The number of hydrogen-bond acceptors (Lipinski definition) is 2. The molecule has 1 heterocycles. The monoisotopic (exact) mass is 517 g/mol. The van der Waals surface area contributed by atoms with Crippen molar-refractivity contribution in [3.63, 3.8) is 0 Å². The first-order chi connectivity index (χ1) is 19.5. The van der Waals surface area contributed by atoms with Crippen molar-refractivity contribution < 1.29 is 4.74 Å². The van der Waals surface area contributed by atoms with Gasteiger partial charge in [0.05, 0.1) is 16.8 Å². The van der Waals surface area contributed by atoms with Gasteiger partial charge >= 0.3 is 0 Å². The molecule has 1 aliphatic heterocycles.